The van der Waals surface area contributed by atoms with Crippen molar-refractivity contribution >= 4 is 19.8 Å². The average Bonchev–Trinajstić information content (AvgIpc) is 2.95. The first-order valence-corrected chi connectivity index (χ1v) is 18.2. The van der Waals surface area contributed by atoms with E-state index < -0.39 is 32.5 Å². The third kappa shape index (κ3) is 31.5. The van der Waals surface area contributed by atoms with Crippen LogP contribution in [0.3, 0.4) is 0 Å². The van der Waals surface area contributed by atoms with Crippen molar-refractivity contribution in [2.75, 3.05) is 13.2 Å². The summed E-state index contributed by atoms with van der Waals surface area (Å²) in [4.78, 5) is 42.4. The Kier molecular flexibility index (Phi) is 28.6. The van der Waals surface area contributed by atoms with Crippen LogP contribution in [-0.4, -0.2) is 41.0 Å². The second-order valence-electron chi connectivity index (χ2n) is 11.1. The van der Waals surface area contributed by atoms with Crippen LogP contribution in [0.1, 0.15) is 155 Å². The number of carbonyl (C=O) groups excluding carboxylic acids is 2. The number of phosphoric ester groups is 1. The summed E-state index contributed by atoms with van der Waals surface area (Å²) in [5, 5.41) is 0. The topological polar surface area (TPSA) is 119 Å². The van der Waals surface area contributed by atoms with Gasteiger partial charge in [0.1, 0.15) is 6.61 Å². The third-order valence-electron chi connectivity index (χ3n) is 6.97. The summed E-state index contributed by atoms with van der Waals surface area (Å²) in [6, 6.07) is 0. The van der Waals surface area contributed by atoms with Crippen molar-refractivity contribution in [3.8, 4) is 0 Å². The van der Waals surface area contributed by atoms with E-state index in [1.807, 2.05) is 0 Å². The highest BCUT2D eigenvalue weighted by Gasteiger charge is 2.22. The van der Waals surface area contributed by atoms with Crippen molar-refractivity contribution in [3.63, 3.8) is 0 Å². The lowest BCUT2D eigenvalue weighted by Gasteiger charge is -2.18. The summed E-state index contributed by atoms with van der Waals surface area (Å²) < 4.78 is 26.2. The minimum atomic E-state index is -4.74. The Hall–Kier alpha value is -1.47. The maximum absolute atomic E-state index is 12.3. The fourth-order valence-corrected chi connectivity index (χ4v) is 4.81. The van der Waals surface area contributed by atoms with E-state index in [-0.39, 0.29) is 19.4 Å². The fraction of sp³-hybridized carbons (Fsp3) is 0.818. The van der Waals surface area contributed by atoms with E-state index >= 15 is 0 Å². The minimum Gasteiger partial charge on any atom is -0.462 e. The molecule has 42 heavy (non-hydrogen) atoms. The molecule has 0 aromatic carbocycles. The first kappa shape index (κ1) is 40.5. The third-order valence-corrected chi connectivity index (χ3v) is 7.46. The Bertz CT molecular complexity index is 746. The molecule has 0 aromatic rings. The van der Waals surface area contributed by atoms with Crippen LogP contribution in [0.15, 0.2) is 24.3 Å². The molecule has 0 rings (SSSR count). The maximum Gasteiger partial charge on any atom is 0.469 e. The molecule has 0 bridgehead atoms. The Morgan fingerprint density at radius 2 is 1.10 bits per heavy atom. The summed E-state index contributed by atoms with van der Waals surface area (Å²) in [6.45, 7) is 3.59. The van der Waals surface area contributed by atoms with Crippen LogP contribution >= 0.6 is 7.82 Å². The van der Waals surface area contributed by atoms with Crippen LogP contribution in [0.25, 0.3) is 0 Å². The smallest absolute Gasteiger partial charge is 0.462 e. The molecule has 0 aliphatic carbocycles. The minimum absolute atomic E-state index is 0.198. The van der Waals surface area contributed by atoms with Gasteiger partial charge in [-0.3, -0.25) is 14.1 Å². The summed E-state index contributed by atoms with van der Waals surface area (Å²) in [5.41, 5.74) is 0. The molecular formula is C33H61O8P. The van der Waals surface area contributed by atoms with Crippen molar-refractivity contribution < 1.29 is 37.9 Å². The molecule has 246 valence electrons. The lowest BCUT2D eigenvalue weighted by molar-refractivity contribution is -0.161. The SMILES string of the molecule is CCCC/C=C\C/C=C\CCCCCCCC(=O)O[C@H](COC(=O)CCCCCCCCCCCC)COP(=O)(O)O. The van der Waals surface area contributed by atoms with Crippen LogP contribution in [0.4, 0.5) is 0 Å². The van der Waals surface area contributed by atoms with Crippen molar-refractivity contribution in [1.29, 1.82) is 0 Å². The van der Waals surface area contributed by atoms with Crippen molar-refractivity contribution in [2.24, 2.45) is 0 Å². The Morgan fingerprint density at radius 3 is 1.64 bits per heavy atom. The molecular weight excluding hydrogens is 555 g/mol. The van der Waals surface area contributed by atoms with Gasteiger partial charge in [0.2, 0.25) is 0 Å². The molecule has 2 N–H and O–H groups in total. The van der Waals surface area contributed by atoms with Crippen LogP contribution in [0.5, 0.6) is 0 Å². The van der Waals surface area contributed by atoms with Crippen LogP contribution < -0.4 is 0 Å². The normalized spacial score (nSPS) is 12.8. The van der Waals surface area contributed by atoms with Gasteiger partial charge < -0.3 is 19.3 Å². The van der Waals surface area contributed by atoms with E-state index in [1.165, 1.54) is 57.8 Å². The molecule has 1 atom stereocenters. The lowest BCUT2D eigenvalue weighted by atomic mass is 10.1. The van der Waals surface area contributed by atoms with E-state index in [1.54, 1.807) is 0 Å². The van der Waals surface area contributed by atoms with Gasteiger partial charge in [0.05, 0.1) is 6.61 Å². The Labute approximate surface area is 256 Å². The molecule has 0 radical (unpaired) electrons. The molecule has 0 amide bonds. The molecule has 0 spiro atoms. The molecule has 0 saturated carbocycles. The molecule has 0 aromatic heterocycles. The predicted molar refractivity (Wildman–Crippen MR) is 170 cm³/mol. The van der Waals surface area contributed by atoms with Gasteiger partial charge in [-0.15, -0.1) is 0 Å². The fourth-order valence-electron chi connectivity index (χ4n) is 4.45. The quantitative estimate of drug-likeness (QED) is 0.0355. The zero-order valence-electron chi connectivity index (χ0n) is 26.6. The number of allylic oxidation sites excluding steroid dienone is 4. The molecule has 0 fully saturated rings. The number of phosphoric acid groups is 1. The summed E-state index contributed by atoms with van der Waals surface area (Å²) in [5.74, 6) is -0.903. The Morgan fingerprint density at radius 1 is 0.619 bits per heavy atom. The van der Waals surface area contributed by atoms with Gasteiger partial charge in [0.15, 0.2) is 6.10 Å². The number of ether oxygens (including phenoxy) is 2. The maximum atomic E-state index is 12.3. The zero-order valence-corrected chi connectivity index (χ0v) is 27.5. The van der Waals surface area contributed by atoms with Crippen molar-refractivity contribution in [1.82, 2.24) is 0 Å². The van der Waals surface area contributed by atoms with E-state index in [0.717, 1.165) is 64.2 Å². The van der Waals surface area contributed by atoms with Crippen LogP contribution in [-0.2, 0) is 28.2 Å². The average molecular weight is 617 g/mol. The largest absolute Gasteiger partial charge is 0.469 e. The highest BCUT2D eigenvalue weighted by atomic mass is 31.2. The second kappa shape index (κ2) is 29.6. The van der Waals surface area contributed by atoms with E-state index in [2.05, 4.69) is 42.7 Å². The summed E-state index contributed by atoms with van der Waals surface area (Å²) >= 11 is 0. The molecule has 9 heteroatoms. The zero-order chi connectivity index (χ0) is 31.2. The van der Waals surface area contributed by atoms with Gasteiger partial charge in [-0.25, -0.2) is 4.57 Å². The second-order valence-corrected chi connectivity index (χ2v) is 12.4. The highest BCUT2D eigenvalue weighted by Crippen LogP contribution is 2.35. The molecule has 0 unspecified atom stereocenters. The van der Waals surface area contributed by atoms with Gasteiger partial charge in [-0.2, -0.15) is 0 Å². The van der Waals surface area contributed by atoms with E-state index in [4.69, 9.17) is 19.3 Å². The summed E-state index contributed by atoms with van der Waals surface area (Å²) in [6.07, 6.45) is 30.4. The first-order chi connectivity index (χ1) is 20.3. The molecule has 0 saturated heterocycles. The van der Waals surface area contributed by atoms with Gasteiger partial charge in [-0.05, 0) is 38.5 Å². The molecule has 0 aliphatic heterocycles. The first-order valence-electron chi connectivity index (χ1n) is 16.6. The van der Waals surface area contributed by atoms with Crippen LogP contribution in [0.2, 0.25) is 0 Å². The number of esters is 2. The molecule has 8 nitrogen and oxygen atoms in total. The van der Waals surface area contributed by atoms with Crippen molar-refractivity contribution in [3.05, 3.63) is 24.3 Å². The molecule has 0 heterocycles. The number of unbranched alkanes of at least 4 members (excludes halogenated alkanes) is 16. The van der Waals surface area contributed by atoms with Gasteiger partial charge in [0, 0.05) is 12.8 Å². The van der Waals surface area contributed by atoms with Crippen molar-refractivity contribution in [2.45, 2.75) is 161 Å². The van der Waals surface area contributed by atoms with Gasteiger partial charge in [-0.1, -0.05) is 128 Å². The summed E-state index contributed by atoms with van der Waals surface area (Å²) in [7, 11) is -4.74. The Balaban J connectivity index is 4.05. The standard InChI is InChI=1S/C33H61O8P/c1-3-5-7-9-11-13-15-16-17-18-20-22-24-26-28-33(35)41-31(30-40-42(36,37)38)29-39-32(34)27-25-23-21-19-14-12-10-8-6-4-2/h9,11,15-16,31H,3-8,10,12-14,17-30H2,1-2H3,(H2,36,37,38)/b11-9-,16-15-/t31-/m1/s1. The number of rotatable bonds is 30. The monoisotopic (exact) mass is 616 g/mol. The molecule has 0 aliphatic rings. The highest BCUT2D eigenvalue weighted by molar-refractivity contribution is 7.46. The van der Waals surface area contributed by atoms with Gasteiger partial charge in [0.25, 0.3) is 0 Å². The van der Waals surface area contributed by atoms with E-state index in [0.29, 0.717) is 6.42 Å². The number of hydrogen-bond acceptors (Lipinski definition) is 6. The van der Waals surface area contributed by atoms with Gasteiger partial charge >= 0.3 is 19.8 Å². The number of carbonyl (C=O) groups is 2. The number of hydrogen-bond donors (Lipinski definition) is 2. The van der Waals surface area contributed by atoms with E-state index in [9.17, 15) is 14.2 Å². The lowest BCUT2D eigenvalue weighted by Crippen LogP contribution is -2.29. The predicted octanol–water partition coefficient (Wildman–Crippen LogP) is 9.29. The van der Waals surface area contributed by atoms with Crippen LogP contribution in [0, 0.1) is 0 Å².